The van der Waals surface area contributed by atoms with E-state index in [0.717, 1.165) is 69.5 Å². The normalized spacial score (nSPS) is 10.8. The van der Waals surface area contributed by atoms with Gasteiger partial charge in [0.15, 0.2) is 0 Å². The van der Waals surface area contributed by atoms with Crippen molar-refractivity contribution < 1.29 is 85.4 Å². The number of benzene rings is 1. The van der Waals surface area contributed by atoms with E-state index in [9.17, 15) is 19.2 Å². The van der Waals surface area contributed by atoms with E-state index in [0.29, 0.717) is 49.1 Å². The van der Waals surface area contributed by atoms with Crippen LogP contribution in [-0.2, 0) is 70.8 Å². The summed E-state index contributed by atoms with van der Waals surface area (Å²) in [7, 11) is 2.88. The Morgan fingerprint density at radius 3 is 1.81 bits per heavy atom. The van der Waals surface area contributed by atoms with Gasteiger partial charge in [-0.1, -0.05) is 32.2 Å². The quantitative estimate of drug-likeness (QED) is 0.0195. The van der Waals surface area contributed by atoms with Crippen LogP contribution in [0.15, 0.2) is 110 Å². The predicted molar refractivity (Wildman–Crippen MR) is 203 cm³/mol. The Balaban J connectivity index is -0.000000823. The number of aliphatic hydroxyl groups is 1. The number of aliphatic hydroxyl groups excluding tert-OH is 1. The van der Waals surface area contributed by atoms with Crippen LogP contribution in [0.4, 0.5) is 0 Å². The molecule has 0 atom stereocenters. The van der Waals surface area contributed by atoms with Gasteiger partial charge in [-0.3, -0.25) is 0 Å². The summed E-state index contributed by atoms with van der Waals surface area (Å²) >= 11 is 0. The number of carbonyl (C=O) groups excluding carboxylic acids is 4. The Kier molecular flexibility index (Phi) is 39.4. The summed E-state index contributed by atoms with van der Waals surface area (Å²) in [6.07, 6.45) is 21.4. The zero-order valence-corrected chi connectivity index (χ0v) is 34.8. The standard InChI is InChI=1S/C21H28O5.C16H24O4.C4H6O2.Y/c1-4-19(12-9-17(2)24-3)26-21(23)18-10-13-20(14-11-18)25-16-8-6-5-7-15-22;1-3-15(11-7-8-12-17)19-13-9-5-6-10-14-20-16(18)4-2;1-3-4(5)6-2;/h4,9-14,22H,1,5-8,15-16H2,2-3H3;3-4,7,11-12H,2,5-6,8-10,13-14H2,1H3;3H,1H2,2H3;/b17-9+,19-12+;11-7-,15-3+;;. The fraction of sp³-hybridized carbons (Fsp3) is 0.415. The third-order valence-electron chi connectivity index (χ3n) is 6.51. The molecule has 0 fully saturated rings. The van der Waals surface area contributed by atoms with Crippen molar-refractivity contribution in [3.8, 4) is 5.75 Å². The third-order valence-corrected chi connectivity index (χ3v) is 6.51. The van der Waals surface area contributed by atoms with Crippen LogP contribution in [0.3, 0.4) is 0 Å². The van der Waals surface area contributed by atoms with E-state index in [-0.39, 0.29) is 45.3 Å². The summed E-state index contributed by atoms with van der Waals surface area (Å²) < 4.78 is 30.5. The molecule has 0 unspecified atom stereocenters. The molecule has 0 saturated carbocycles. The van der Waals surface area contributed by atoms with Crippen molar-refractivity contribution in [1.29, 1.82) is 0 Å². The average Bonchev–Trinajstić information content (AvgIpc) is 3.17. The molecule has 0 saturated heterocycles. The van der Waals surface area contributed by atoms with E-state index in [4.69, 9.17) is 28.8 Å². The van der Waals surface area contributed by atoms with Crippen molar-refractivity contribution in [2.75, 3.05) is 40.6 Å². The first-order chi connectivity index (χ1) is 25.1. The van der Waals surface area contributed by atoms with Crippen molar-refractivity contribution in [3.63, 3.8) is 0 Å². The van der Waals surface area contributed by atoms with Crippen LogP contribution >= 0.6 is 0 Å². The molecule has 11 nitrogen and oxygen atoms in total. The fourth-order valence-corrected chi connectivity index (χ4v) is 3.55. The monoisotopic (exact) mass is 815 g/mol. The molecule has 1 aromatic rings. The minimum atomic E-state index is -0.463. The Bertz CT molecular complexity index is 1300. The molecule has 0 heterocycles. The Hall–Kier alpha value is -4.06. The molecule has 0 spiro atoms. The number of ether oxygens (including phenoxy) is 6. The van der Waals surface area contributed by atoms with Crippen LogP contribution in [0.2, 0.25) is 0 Å². The second-order valence-corrected chi connectivity index (χ2v) is 10.5. The molecule has 53 heavy (non-hydrogen) atoms. The Morgan fingerprint density at radius 2 is 1.32 bits per heavy atom. The van der Waals surface area contributed by atoms with Crippen molar-refractivity contribution in [2.24, 2.45) is 0 Å². The molecule has 1 radical (unpaired) electrons. The van der Waals surface area contributed by atoms with Gasteiger partial charge in [-0.15, -0.1) is 0 Å². The molecule has 12 heteroatoms. The number of carbonyl (C=O) groups is 4. The maximum atomic E-state index is 12.2. The molecule has 1 rings (SSSR count). The van der Waals surface area contributed by atoms with Gasteiger partial charge in [0.05, 0.1) is 45.4 Å². The molecule has 0 bridgehead atoms. The number of unbranched alkanes of at least 4 members (excludes halogenated alkanes) is 6. The topological polar surface area (TPSA) is 144 Å². The first-order valence-corrected chi connectivity index (χ1v) is 17.2. The van der Waals surface area contributed by atoms with E-state index in [1.54, 1.807) is 56.5 Å². The molecule has 0 aliphatic heterocycles. The van der Waals surface area contributed by atoms with Crippen LogP contribution in [0.25, 0.3) is 0 Å². The van der Waals surface area contributed by atoms with Gasteiger partial charge in [-0.2, -0.15) is 0 Å². The number of allylic oxidation sites excluding steroid dienone is 7. The number of hydrogen-bond donors (Lipinski definition) is 1. The number of methoxy groups -OCH3 is 2. The van der Waals surface area contributed by atoms with Gasteiger partial charge in [0.2, 0.25) is 0 Å². The molecular formula is C41H58O11Y. The summed E-state index contributed by atoms with van der Waals surface area (Å²) in [5.41, 5.74) is 0.431. The predicted octanol–water partition coefficient (Wildman–Crippen LogP) is 8.08. The average molecular weight is 816 g/mol. The van der Waals surface area contributed by atoms with Crippen LogP contribution in [-0.4, -0.2) is 69.9 Å². The number of hydrogen-bond acceptors (Lipinski definition) is 11. The second kappa shape index (κ2) is 39.2. The van der Waals surface area contributed by atoms with Gasteiger partial charge >= 0.3 is 17.9 Å². The summed E-state index contributed by atoms with van der Waals surface area (Å²) in [4.78, 5) is 43.0. The van der Waals surface area contributed by atoms with Crippen molar-refractivity contribution in [2.45, 2.75) is 71.6 Å². The smallest absolute Gasteiger partial charge is 0.343 e. The first-order valence-electron chi connectivity index (χ1n) is 17.2. The minimum Gasteiger partial charge on any atom is -0.501 e. The zero-order chi connectivity index (χ0) is 39.2. The van der Waals surface area contributed by atoms with Crippen molar-refractivity contribution in [1.82, 2.24) is 0 Å². The fourth-order valence-electron chi connectivity index (χ4n) is 3.55. The molecule has 0 aliphatic carbocycles. The van der Waals surface area contributed by atoms with E-state index < -0.39 is 11.9 Å². The molecule has 1 N–H and O–H groups in total. The van der Waals surface area contributed by atoms with Gasteiger partial charge in [0.1, 0.15) is 23.6 Å². The van der Waals surface area contributed by atoms with Crippen LogP contribution < -0.4 is 4.74 Å². The number of esters is 3. The summed E-state index contributed by atoms with van der Waals surface area (Å²) in [6.45, 7) is 15.8. The van der Waals surface area contributed by atoms with Crippen LogP contribution in [0, 0.1) is 0 Å². The first kappa shape index (κ1) is 53.3. The molecule has 0 aliphatic rings. The summed E-state index contributed by atoms with van der Waals surface area (Å²) in [5.74, 6) is 1.31. The van der Waals surface area contributed by atoms with Gasteiger partial charge in [0.25, 0.3) is 0 Å². The second-order valence-electron chi connectivity index (χ2n) is 10.5. The zero-order valence-electron chi connectivity index (χ0n) is 31.9. The molecule has 291 valence electrons. The molecular weight excluding hydrogens is 757 g/mol. The van der Waals surface area contributed by atoms with E-state index >= 15 is 0 Å². The van der Waals surface area contributed by atoms with E-state index in [1.807, 2.05) is 19.1 Å². The molecule has 1 aromatic carbocycles. The van der Waals surface area contributed by atoms with E-state index in [1.165, 1.54) is 19.3 Å². The summed E-state index contributed by atoms with van der Waals surface area (Å²) in [6, 6.07) is 6.83. The summed E-state index contributed by atoms with van der Waals surface area (Å²) in [5, 5.41) is 8.72. The third kappa shape index (κ3) is 33.5. The largest absolute Gasteiger partial charge is 0.501 e. The van der Waals surface area contributed by atoms with Gasteiger partial charge in [-0.25, -0.2) is 14.4 Å². The van der Waals surface area contributed by atoms with Gasteiger partial charge < -0.3 is 38.3 Å². The minimum absolute atomic E-state index is 0. The maximum Gasteiger partial charge on any atom is 0.343 e. The van der Waals surface area contributed by atoms with Crippen molar-refractivity contribution in [3.05, 3.63) is 115 Å². The van der Waals surface area contributed by atoms with Crippen LogP contribution in [0.5, 0.6) is 5.75 Å². The SMILES string of the molecule is C=C/C(=C\C=C(/C)OC)OC(=O)c1ccc(OCCCCCCO)cc1.C=CC(=O)OC.C=CC(=O)OCCCCCCOC(/C=C\CC=O)=C/C.[Y]. The maximum absolute atomic E-state index is 12.2. The molecule has 0 aromatic heterocycles. The molecule has 0 amide bonds. The van der Waals surface area contributed by atoms with Crippen LogP contribution in [0.1, 0.15) is 82.0 Å². The number of aldehydes is 1. The Morgan fingerprint density at radius 1 is 0.736 bits per heavy atom. The van der Waals surface area contributed by atoms with E-state index in [2.05, 4.69) is 24.5 Å². The Labute approximate surface area is 341 Å². The number of rotatable bonds is 25. The van der Waals surface area contributed by atoms with Gasteiger partial charge in [-0.05, 0) is 113 Å². The van der Waals surface area contributed by atoms with Gasteiger partial charge in [0, 0.05) is 57.9 Å². The van der Waals surface area contributed by atoms with Crippen molar-refractivity contribution >= 4 is 24.2 Å².